The third-order valence-corrected chi connectivity index (χ3v) is 5.37. The molecule has 0 aliphatic heterocycles. The van der Waals surface area contributed by atoms with Crippen molar-refractivity contribution in [1.29, 1.82) is 0 Å². The highest BCUT2D eigenvalue weighted by atomic mass is 19.2. The number of rotatable bonds is 12. The molecule has 1 atom stereocenters. The Hall–Kier alpha value is -4.16. The molecule has 0 saturated carbocycles. The van der Waals surface area contributed by atoms with Gasteiger partial charge >= 0.3 is 0 Å². The maximum Gasteiger partial charge on any atom is 0.239 e. The summed E-state index contributed by atoms with van der Waals surface area (Å²) in [4.78, 5) is 21.4. The van der Waals surface area contributed by atoms with Gasteiger partial charge in [-0.1, -0.05) is 6.07 Å². The fourth-order valence-corrected chi connectivity index (χ4v) is 3.74. The number of aromatic nitrogens is 4. The summed E-state index contributed by atoms with van der Waals surface area (Å²) >= 11 is 0. The Morgan fingerprint density at radius 1 is 1.27 bits per heavy atom. The minimum Gasteiger partial charge on any atom is -0.493 e. The molecule has 4 aromatic rings. The average molecular weight is 512 g/mol. The van der Waals surface area contributed by atoms with Crippen LogP contribution in [0, 0.1) is 11.6 Å². The van der Waals surface area contributed by atoms with Crippen LogP contribution < -0.4 is 20.7 Å². The number of aliphatic hydroxyl groups excluding tert-OH is 1. The highest BCUT2D eigenvalue weighted by Gasteiger charge is 2.23. The van der Waals surface area contributed by atoms with Crippen LogP contribution in [0.2, 0.25) is 0 Å². The molecule has 0 saturated heterocycles. The molecule has 1 amide bonds. The Labute approximate surface area is 211 Å². The summed E-state index contributed by atoms with van der Waals surface area (Å²) in [7, 11) is 0. The molecule has 0 aliphatic rings. The van der Waals surface area contributed by atoms with Crippen molar-refractivity contribution < 1.29 is 23.4 Å². The van der Waals surface area contributed by atoms with Gasteiger partial charge in [-0.3, -0.25) is 14.4 Å². The Kier molecular flexibility index (Phi) is 8.21. The molecular weight excluding hydrogens is 484 g/mol. The van der Waals surface area contributed by atoms with Crippen LogP contribution in [0.5, 0.6) is 5.75 Å². The van der Waals surface area contributed by atoms with Crippen molar-refractivity contribution in [3.63, 3.8) is 0 Å². The van der Waals surface area contributed by atoms with Crippen molar-refractivity contribution in [2.24, 2.45) is 5.73 Å². The van der Waals surface area contributed by atoms with Gasteiger partial charge in [-0.05, 0) is 44.2 Å². The summed E-state index contributed by atoms with van der Waals surface area (Å²) in [5.41, 5.74) is 6.04. The van der Waals surface area contributed by atoms with E-state index in [0.717, 1.165) is 12.5 Å². The van der Waals surface area contributed by atoms with Crippen LogP contribution >= 0.6 is 0 Å². The number of primary amides is 1. The second-order valence-electron chi connectivity index (χ2n) is 8.40. The normalized spacial score (nSPS) is 12.0. The van der Waals surface area contributed by atoms with Gasteiger partial charge in [0.1, 0.15) is 24.4 Å². The SMILES string of the molecule is C[C@@H](O)CNCCCOc1ccc2c(N(c3cnn(CC(N)=O)c3)c3cccc(F)c3F)ncnc2c1. The van der Waals surface area contributed by atoms with Crippen molar-refractivity contribution in [1.82, 2.24) is 25.1 Å². The molecule has 194 valence electrons. The van der Waals surface area contributed by atoms with Gasteiger partial charge < -0.3 is 20.9 Å². The first-order valence-electron chi connectivity index (χ1n) is 11.6. The maximum atomic E-state index is 15.0. The molecule has 0 bridgehead atoms. The first kappa shape index (κ1) is 25.9. The largest absolute Gasteiger partial charge is 0.493 e. The van der Waals surface area contributed by atoms with Crippen LogP contribution in [0.15, 0.2) is 55.1 Å². The molecule has 0 radical (unpaired) electrons. The molecular formula is C25H27F2N7O3. The number of carbonyl (C=O) groups excluding carboxylic acids is 1. The summed E-state index contributed by atoms with van der Waals surface area (Å²) in [6.07, 6.45) is 4.55. The minimum absolute atomic E-state index is 0.0938. The summed E-state index contributed by atoms with van der Waals surface area (Å²) in [6.45, 7) is 3.20. The van der Waals surface area contributed by atoms with Gasteiger partial charge in [-0.2, -0.15) is 5.10 Å². The van der Waals surface area contributed by atoms with Crippen LogP contribution in [-0.2, 0) is 11.3 Å². The van der Waals surface area contributed by atoms with Gasteiger partial charge in [-0.25, -0.2) is 18.7 Å². The number of fused-ring (bicyclic) bond motifs is 1. The second-order valence-corrected chi connectivity index (χ2v) is 8.40. The molecule has 12 heteroatoms. The molecule has 2 aromatic heterocycles. The first-order chi connectivity index (χ1) is 17.8. The molecule has 10 nitrogen and oxygen atoms in total. The molecule has 37 heavy (non-hydrogen) atoms. The van der Waals surface area contributed by atoms with Gasteiger partial charge in [0.05, 0.1) is 35.8 Å². The molecule has 0 unspecified atom stereocenters. The van der Waals surface area contributed by atoms with Crippen LogP contribution in [-0.4, -0.2) is 56.6 Å². The first-order valence-corrected chi connectivity index (χ1v) is 11.6. The number of amides is 1. The average Bonchev–Trinajstić information content (AvgIpc) is 3.31. The van der Waals surface area contributed by atoms with E-state index in [1.54, 1.807) is 25.1 Å². The van der Waals surface area contributed by atoms with Gasteiger partial charge in [-0.15, -0.1) is 0 Å². The van der Waals surface area contributed by atoms with Gasteiger partial charge in [0.15, 0.2) is 11.6 Å². The molecule has 2 aromatic carbocycles. The molecule has 4 rings (SSSR count). The Morgan fingerprint density at radius 3 is 2.89 bits per heavy atom. The Balaban J connectivity index is 1.65. The van der Waals surface area contributed by atoms with Crippen molar-refractivity contribution in [2.75, 3.05) is 24.6 Å². The van der Waals surface area contributed by atoms with Crippen LogP contribution in [0.1, 0.15) is 13.3 Å². The number of anilines is 3. The van der Waals surface area contributed by atoms with Crippen molar-refractivity contribution in [3.8, 4) is 5.75 Å². The van der Waals surface area contributed by atoms with Crippen molar-refractivity contribution >= 4 is 34.0 Å². The van der Waals surface area contributed by atoms with E-state index in [-0.39, 0.29) is 18.1 Å². The van der Waals surface area contributed by atoms with E-state index in [9.17, 15) is 18.7 Å². The smallest absolute Gasteiger partial charge is 0.239 e. The van der Waals surface area contributed by atoms with E-state index < -0.39 is 23.6 Å². The predicted octanol–water partition coefficient (Wildman–Crippen LogP) is 2.80. The lowest BCUT2D eigenvalue weighted by molar-refractivity contribution is -0.118. The molecule has 2 heterocycles. The van der Waals surface area contributed by atoms with Crippen molar-refractivity contribution in [2.45, 2.75) is 26.0 Å². The number of carbonyl (C=O) groups is 1. The number of aliphatic hydroxyl groups is 1. The topological polar surface area (TPSA) is 131 Å². The monoisotopic (exact) mass is 511 g/mol. The zero-order valence-electron chi connectivity index (χ0n) is 20.1. The molecule has 0 spiro atoms. The summed E-state index contributed by atoms with van der Waals surface area (Å²) in [6, 6.07) is 9.05. The van der Waals surface area contributed by atoms with E-state index in [4.69, 9.17) is 10.5 Å². The number of hydrogen-bond donors (Lipinski definition) is 3. The summed E-state index contributed by atoms with van der Waals surface area (Å²) in [5, 5.41) is 17.1. The molecule has 0 aliphatic carbocycles. The molecule has 4 N–H and O–H groups in total. The van der Waals surface area contributed by atoms with Gasteiger partial charge in [0, 0.05) is 24.2 Å². The van der Waals surface area contributed by atoms with Gasteiger partial charge in [0.2, 0.25) is 5.91 Å². The highest BCUT2D eigenvalue weighted by Crippen LogP contribution is 2.39. The predicted molar refractivity (Wildman–Crippen MR) is 134 cm³/mol. The number of halogens is 2. The number of nitrogens with two attached hydrogens (primary N) is 1. The third-order valence-electron chi connectivity index (χ3n) is 5.37. The fourth-order valence-electron chi connectivity index (χ4n) is 3.74. The second kappa shape index (κ2) is 11.7. The highest BCUT2D eigenvalue weighted by molar-refractivity contribution is 5.95. The summed E-state index contributed by atoms with van der Waals surface area (Å²) < 4.78 is 36.3. The number of nitrogens with zero attached hydrogens (tertiary/aromatic N) is 5. The summed E-state index contributed by atoms with van der Waals surface area (Å²) in [5.74, 6) is -1.82. The lowest BCUT2D eigenvalue weighted by Gasteiger charge is -2.24. The maximum absolute atomic E-state index is 15.0. The number of nitrogens with one attached hydrogen (secondary N) is 1. The van der Waals surface area contributed by atoms with E-state index in [0.29, 0.717) is 42.0 Å². The molecule has 0 fully saturated rings. The van der Waals surface area contributed by atoms with E-state index in [1.807, 2.05) is 0 Å². The zero-order valence-corrected chi connectivity index (χ0v) is 20.1. The van der Waals surface area contributed by atoms with E-state index in [2.05, 4.69) is 20.4 Å². The lowest BCUT2D eigenvalue weighted by atomic mass is 10.2. The Bertz CT molecular complexity index is 1380. The number of hydrogen-bond acceptors (Lipinski definition) is 8. The number of ether oxygens (including phenoxy) is 1. The fraction of sp³-hybridized carbons (Fsp3) is 0.280. The third kappa shape index (κ3) is 6.35. The zero-order chi connectivity index (χ0) is 26.4. The van der Waals surface area contributed by atoms with Crippen LogP contribution in [0.4, 0.5) is 26.0 Å². The van der Waals surface area contributed by atoms with Gasteiger partial charge in [0.25, 0.3) is 0 Å². The quantitative estimate of drug-likeness (QED) is 0.248. The van der Waals surface area contributed by atoms with Crippen LogP contribution in [0.3, 0.4) is 0 Å². The Morgan fingerprint density at radius 2 is 2.11 bits per heavy atom. The lowest BCUT2D eigenvalue weighted by Crippen LogP contribution is -2.26. The van der Waals surface area contributed by atoms with E-state index in [1.165, 1.54) is 40.4 Å². The standard InChI is InChI=1S/C25H27F2N7O3/c1-16(35)11-29-8-3-9-37-18-6-7-19-21(10-18)30-15-31-25(19)34(22-5-2-4-20(26)24(22)27)17-12-32-33(13-17)14-23(28)36/h2,4-7,10,12-13,15-16,29,35H,3,8-9,11,14H2,1H3,(H2,28,36)/t16-/m1/s1. The van der Waals surface area contributed by atoms with Crippen molar-refractivity contribution in [3.05, 3.63) is 66.8 Å². The van der Waals surface area contributed by atoms with Crippen LogP contribution in [0.25, 0.3) is 10.9 Å². The number of benzene rings is 2. The van der Waals surface area contributed by atoms with E-state index >= 15 is 0 Å². The minimum atomic E-state index is -1.07.